The van der Waals surface area contributed by atoms with Crippen molar-refractivity contribution < 1.29 is 28.7 Å². The predicted molar refractivity (Wildman–Crippen MR) is 162 cm³/mol. The Hall–Kier alpha value is -4.27. The van der Waals surface area contributed by atoms with Gasteiger partial charge >= 0.3 is 5.97 Å². The van der Waals surface area contributed by atoms with Crippen LogP contribution in [0.4, 0.5) is 11.4 Å². The zero-order valence-electron chi connectivity index (χ0n) is 30.3. The smallest absolute Gasteiger partial charge is 0.337 e. The fourth-order valence-corrected chi connectivity index (χ4v) is 4.71. The van der Waals surface area contributed by atoms with Crippen LogP contribution in [0, 0.1) is 0 Å². The Morgan fingerprint density at radius 2 is 1.80 bits per heavy atom. The van der Waals surface area contributed by atoms with Crippen LogP contribution in [-0.4, -0.2) is 80.8 Å². The van der Waals surface area contributed by atoms with Gasteiger partial charge in [-0.2, -0.15) is 0 Å². The second kappa shape index (κ2) is 12.1. The lowest BCUT2D eigenvalue weighted by Crippen LogP contribution is -2.52. The summed E-state index contributed by atoms with van der Waals surface area (Å²) in [6.07, 6.45) is 0.335. The predicted octanol–water partition coefficient (Wildman–Crippen LogP) is 4.18. The average Bonchev–Trinajstić information content (AvgIpc) is 3.39. The van der Waals surface area contributed by atoms with E-state index >= 15 is 0 Å². The van der Waals surface area contributed by atoms with Gasteiger partial charge < -0.3 is 19.9 Å². The summed E-state index contributed by atoms with van der Waals surface area (Å²) in [6, 6.07) is 19.0. The number of hydrogen-bond acceptors (Lipinski definition) is 6. The number of esters is 1. The summed E-state index contributed by atoms with van der Waals surface area (Å²) in [5.41, 5.74) is 4.69. The summed E-state index contributed by atoms with van der Waals surface area (Å²) in [5.74, 6) is -1.54. The number of allylic oxidation sites excluding steroid dienone is 1. The molecule has 0 aromatic heterocycles. The van der Waals surface area contributed by atoms with E-state index in [2.05, 4.69) is 5.32 Å². The molecular formula is C33H36N4O4. The third-order valence-corrected chi connectivity index (χ3v) is 7.13. The lowest BCUT2D eigenvalue weighted by molar-refractivity contribution is -0.120. The summed E-state index contributed by atoms with van der Waals surface area (Å²) in [5, 5.41) is 2.85. The number of ether oxygens (including phenoxy) is 1. The van der Waals surface area contributed by atoms with Crippen LogP contribution >= 0.6 is 0 Å². The number of rotatable bonds is 7. The minimum Gasteiger partial charge on any atom is -0.465 e. The van der Waals surface area contributed by atoms with Crippen LogP contribution < -0.4 is 10.2 Å². The molecule has 3 aromatic carbocycles. The molecule has 1 N–H and O–H groups in total. The van der Waals surface area contributed by atoms with Gasteiger partial charge in [0.05, 0.1) is 24.8 Å². The summed E-state index contributed by atoms with van der Waals surface area (Å²) < 4.78 is 64.0. The van der Waals surface area contributed by atoms with Crippen molar-refractivity contribution in [3.05, 3.63) is 95.1 Å². The molecule has 8 heteroatoms. The Labute approximate surface area is 251 Å². The van der Waals surface area contributed by atoms with Gasteiger partial charge in [-0.25, -0.2) is 4.79 Å². The van der Waals surface area contributed by atoms with Gasteiger partial charge in [0.25, 0.3) is 5.91 Å². The maximum atomic E-state index is 13.4. The van der Waals surface area contributed by atoms with E-state index < -0.39 is 43.9 Å². The molecule has 1 unspecified atom stereocenters. The van der Waals surface area contributed by atoms with Crippen LogP contribution in [0.25, 0.3) is 11.1 Å². The molecular weight excluding hydrogens is 516 g/mol. The molecule has 0 aliphatic carbocycles. The Balaban J connectivity index is 1.42. The van der Waals surface area contributed by atoms with Crippen LogP contribution in [0.1, 0.15) is 43.6 Å². The number of carbonyl (C=O) groups excluding carboxylic acids is 3. The third kappa shape index (κ3) is 6.09. The van der Waals surface area contributed by atoms with E-state index in [-0.39, 0.29) is 5.91 Å². The second-order valence-electron chi connectivity index (χ2n) is 9.79. The average molecular weight is 560 g/mol. The molecule has 1 atom stereocenters. The number of nitrogens with zero attached hydrogens (tertiary/aromatic N) is 3. The first-order chi connectivity index (χ1) is 22.4. The van der Waals surface area contributed by atoms with Crippen molar-refractivity contribution in [3.63, 3.8) is 0 Å². The molecule has 2 aliphatic rings. The molecule has 0 saturated carbocycles. The highest BCUT2D eigenvalue weighted by Crippen LogP contribution is 2.39. The molecule has 1 fully saturated rings. The Bertz CT molecular complexity index is 1770. The van der Waals surface area contributed by atoms with Crippen LogP contribution in [0.2, 0.25) is 0 Å². The maximum Gasteiger partial charge on any atom is 0.337 e. The van der Waals surface area contributed by atoms with Crippen molar-refractivity contribution in [2.45, 2.75) is 19.4 Å². The standard InChI is InChI=1S/C33H36N4O4/c1-22-20-37(17-16-35(22)2)21-30(38)36(3)26-13-10-23(11-14-26)18-28(24-8-6-5-7-9-24)31-27-15-12-25(33(40)41-4)19-29(27)34-32(31)39/h5-15,19,22H,16-18,20-21H2,1-4H3,(H,34,39)/b31-28+/i16D2,17D2,20D2,22D. The molecule has 3 aromatic rings. The Kier molecular flexibility index (Phi) is 6.06. The van der Waals surface area contributed by atoms with E-state index in [0.717, 1.165) is 30.7 Å². The van der Waals surface area contributed by atoms with Gasteiger partial charge in [-0.3, -0.25) is 14.5 Å². The highest BCUT2D eigenvalue weighted by atomic mass is 16.5. The molecule has 0 bridgehead atoms. The SMILES string of the molecule is [2H]C1([2H])N(CC(=O)N(C)c2ccc(C/C(=C3\C(=O)Nc4cc(C(=O)OC)ccc43)c3ccccc3)cc2)C([2H])([2H])C([2H])(C)N(C)C1([2H])[2H]. The summed E-state index contributed by atoms with van der Waals surface area (Å²) >= 11 is 0. The molecule has 0 spiro atoms. The molecule has 0 radical (unpaired) electrons. The normalized spacial score (nSPS) is 26.4. The molecule has 8 nitrogen and oxygen atoms in total. The number of amides is 2. The quantitative estimate of drug-likeness (QED) is 0.346. The minimum atomic E-state index is -2.94. The molecule has 1 saturated heterocycles. The van der Waals surface area contributed by atoms with Gasteiger partial charge in [0, 0.05) is 59.1 Å². The number of benzene rings is 3. The van der Waals surface area contributed by atoms with Crippen molar-refractivity contribution in [1.82, 2.24) is 9.80 Å². The van der Waals surface area contributed by atoms with Gasteiger partial charge in [-0.15, -0.1) is 0 Å². The number of anilines is 2. The highest BCUT2D eigenvalue weighted by Gasteiger charge is 2.29. The van der Waals surface area contributed by atoms with E-state index in [0.29, 0.717) is 44.3 Å². The number of nitrogens with one attached hydrogen (secondary N) is 1. The lowest BCUT2D eigenvalue weighted by Gasteiger charge is -2.37. The third-order valence-electron chi connectivity index (χ3n) is 7.13. The molecule has 2 heterocycles. The van der Waals surface area contributed by atoms with E-state index in [4.69, 9.17) is 14.3 Å². The van der Waals surface area contributed by atoms with Crippen molar-refractivity contribution in [3.8, 4) is 0 Å². The summed E-state index contributed by atoms with van der Waals surface area (Å²) in [4.78, 5) is 41.2. The molecule has 2 amide bonds. The van der Waals surface area contributed by atoms with Crippen LogP contribution in [0.3, 0.4) is 0 Å². The first-order valence-electron chi connectivity index (χ1n) is 16.6. The fraction of sp³-hybridized carbons (Fsp3) is 0.303. The van der Waals surface area contributed by atoms with E-state index in [1.165, 1.54) is 19.1 Å². The van der Waals surface area contributed by atoms with Crippen molar-refractivity contribution in [2.24, 2.45) is 0 Å². The zero-order valence-corrected chi connectivity index (χ0v) is 23.3. The largest absolute Gasteiger partial charge is 0.465 e. The van der Waals surface area contributed by atoms with Crippen molar-refractivity contribution >= 4 is 40.3 Å². The molecule has 212 valence electrons. The van der Waals surface area contributed by atoms with Gasteiger partial charge in [0.15, 0.2) is 0 Å². The number of piperazine rings is 1. The maximum absolute atomic E-state index is 13.4. The summed E-state index contributed by atoms with van der Waals surface area (Å²) in [7, 11) is 3.88. The highest BCUT2D eigenvalue weighted by molar-refractivity contribution is 6.37. The first-order valence-corrected chi connectivity index (χ1v) is 13.1. The molecule has 2 aliphatic heterocycles. The van der Waals surface area contributed by atoms with Gasteiger partial charge in [0.2, 0.25) is 5.91 Å². The molecule has 5 rings (SSSR count). The lowest BCUT2D eigenvalue weighted by atomic mass is 9.90. The zero-order chi connectivity index (χ0) is 35.4. The Morgan fingerprint density at radius 1 is 1.07 bits per heavy atom. The summed E-state index contributed by atoms with van der Waals surface area (Å²) in [6.45, 7) is -8.13. The molecule has 41 heavy (non-hydrogen) atoms. The number of likely N-dealkylation sites (N-methyl/N-ethyl adjacent to an activating group) is 2. The van der Waals surface area contributed by atoms with E-state index in [1.807, 2.05) is 30.3 Å². The van der Waals surface area contributed by atoms with Gasteiger partial charge in [0.1, 0.15) is 0 Å². The topological polar surface area (TPSA) is 82.2 Å². The number of hydrogen-bond donors (Lipinski definition) is 1. The number of methoxy groups -OCH3 is 1. The van der Waals surface area contributed by atoms with Crippen LogP contribution in [0.5, 0.6) is 0 Å². The van der Waals surface area contributed by atoms with Crippen molar-refractivity contribution in [2.75, 3.05) is 57.5 Å². The Morgan fingerprint density at radius 3 is 2.51 bits per heavy atom. The van der Waals surface area contributed by atoms with Crippen LogP contribution in [-0.2, 0) is 20.7 Å². The monoisotopic (exact) mass is 559 g/mol. The van der Waals surface area contributed by atoms with E-state index in [1.54, 1.807) is 42.5 Å². The second-order valence-corrected chi connectivity index (χ2v) is 9.79. The number of fused-ring (bicyclic) bond motifs is 1. The minimum absolute atomic E-state index is 0.306. The van der Waals surface area contributed by atoms with Crippen LogP contribution in [0.15, 0.2) is 72.8 Å². The van der Waals surface area contributed by atoms with Gasteiger partial charge in [-0.1, -0.05) is 48.5 Å². The first kappa shape index (κ1) is 20.6. The van der Waals surface area contributed by atoms with Gasteiger partial charge in [-0.05, 0) is 61.4 Å². The fourth-order valence-electron chi connectivity index (χ4n) is 4.71. The van der Waals surface area contributed by atoms with E-state index in [9.17, 15) is 14.4 Å². The van der Waals surface area contributed by atoms with Crippen molar-refractivity contribution in [1.29, 1.82) is 0 Å². The number of carbonyl (C=O) groups is 3.